The molecule has 1 atom stereocenters. The van der Waals surface area contributed by atoms with Gasteiger partial charge in [-0.1, -0.05) is 13.0 Å². The zero-order valence-electron chi connectivity index (χ0n) is 11.4. The van der Waals surface area contributed by atoms with E-state index in [1.807, 2.05) is 0 Å². The molecule has 2 rings (SSSR count). The van der Waals surface area contributed by atoms with Crippen LogP contribution < -0.4 is 5.32 Å². The second kappa shape index (κ2) is 5.19. The Balaban J connectivity index is 2.30. The third-order valence-electron chi connectivity index (χ3n) is 3.80. The fraction of sp³-hybridized carbons (Fsp3) is 0.429. The number of piperazine rings is 1. The highest BCUT2D eigenvalue weighted by Crippen LogP contribution is 2.25. The fourth-order valence-corrected chi connectivity index (χ4v) is 2.27. The van der Waals surface area contributed by atoms with Gasteiger partial charge < -0.3 is 10.2 Å². The minimum atomic E-state index is -0.972. The Morgan fingerprint density at radius 1 is 1.30 bits per heavy atom. The molecule has 0 spiro atoms. The molecule has 1 fully saturated rings. The van der Waals surface area contributed by atoms with Crippen molar-refractivity contribution in [1.29, 1.82) is 0 Å². The summed E-state index contributed by atoms with van der Waals surface area (Å²) in [5, 5.41) is 2.55. The number of rotatable bonds is 3. The number of hydrogen-bond acceptors (Lipinski definition) is 2. The molecule has 2 amide bonds. The van der Waals surface area contributed by atoms with E-state index in [1.165, 1.54) is 11.0 Å². The van der Waals surface area contributed by atoms with Crippen LogP contribution in [0.3, 0.4) is 0 Å². The minimum absolute atomic E-state index is 0.0713. The Kier molecular flexibility index (Phi) is 3.74. The average molecular weight is 282 g/mol. The first kappa shape index (κ1) is 14.4. The number of hydrogen-bond donors (Lipinski definition) is 1. The molecular weight excluding hydrogens is 266 g/mol. The molecule has 0 radical (unpaired) electrons. The standard InChI is InChI=1S/C14H16F2N2O2/c1-3-14(2)13(20)17-7-12(19)18(14)8-9-4-5-10(15)11(16)6-9/h4-6H,3,7-8H2,1-2H3,(H,17,20). The van der Waals surface area contributed by atoms with Crippen LogP contribution in [0, 0.1) is 11.6 Å². The average Bonchev–Trinajstić information content (AvgIpc) is 2.43. The lowest BCUT2D eigenvalue weighted by molar-refractivity contribution is -0.153. The highest BCUT2D eigenvalue weighted by Gasteiger charge is 2.43. The van der Waals surface area contributed by atoms with Crippen molar-refractivity contribution in [2.75, 3.05) is 6.54 Å². The molecule has 1 aromatic carbocycles. The summed E-state index contributed by atoms with van der Waals surface area (Å²) < 4.78 is 26.1. The van der Waals surface area contributed by atoms with Gasteiger partial charge in [0.1, 0.15) is 5.54 Å². The summed E-state index contributed by atoms with van der Waals surface area (Å²) in [6, 6.07) is 3.47. The Morgan fingerprint density at radius 3 is 2.60 bits per heavy atom. The largest absolute Gasteiger partial charge is 0.345 e. The van der Waals surface area contributed by atoms with E-state index >= 15 is 0 Å². The Hall–Kier alpha value is -1.98. The molecule has 20 heavy (non-hydrogen) atoms. The van der Waals surface area contributed by atoms with Crippen LogP contribution >= 0.6 is 0 Å². The molecule has 1 aliphatic rings. The summed E-state index contributed by atoms with van der Waals surface area (Å²) in [7, 11) is 0. The highest BCUT2D eigenvalue weighted by atomic mass is 19.2. The number of benzene rings is 1. The molecule has 0 saturated carbocycles. The van der Waals surface area contributed by atoms with Gasteiger partial charge >= 0.3 is 0 Å². The third kappa shape index (κ3) is 2.37. The predicted octanol–water partition coefficient (Wildman–Crippen LogP) is 1.59. The van der Waals surface area contributed by atoms with E-state index in [0.717, 1.165) is 12.1 Å². The van der Waals surface area contributed by atoms with Crippen molar-refractivity contribution in [3.63, 3.8) is 0 Å². The molecule has 0 bridgehead atoms. The van der Waals surface area contributed by atoms with Gasteiger partial charge in [0.15, 0.2) is 11.6 Å². The van der Waals surface area contributed by atoms with Gasteiger partial charge in [0.25, 0.3) is 0 Å². The van der Waals surface area contributed by atoms with Gasteiger partial charge in [-0.15, -0.1) is 0 Å². The smallest absolute Gasteiger partial charge is 0.246 e. The number of carbonyl (C=O) groups excluding carboxylic acids is 2. The summed E-state index contributed by atoms with van der Waals surface area (Å²) in [4.78, 5) is 25.4. The number of halogens is 2. The molecule has 1 aliphatic heterocycles. The van der Waals surface area contributed by atoms with E-state index in [0.29, 0.717) is 12.0 Å². The van der Waals surface area contributed by atoms with E-state index in [1.54, 1.807) is 13.8 Å². The normalized spacial score (nSPS) is 22.9. The molecule has 1 saturated heterocycles. The zero-order valence-corrected chi connectivity index (χ0v) is 11.4. The van der Waals surface area contributed by atoms with Crippen LogP contribution in [0.1, 0.15) is 25.8 Å². The van der Waals surface area contributed by atoms with Crippen molar-refractivity contribution >= 4 is 11.8 Å². The summed E-state index contributed by atoms with van der Waals surface area (Å²) in [5.41, 5.74) is -0.521. The van der Waals surface area contributed by atoms with E-state index in [2.05, 4.69) is 5.32 Å². The van der Waals surface area contributed by atoms with Crippen LogP contribution in [-0.2, 0) is 16.1 Å². The molecule has 1 aromatic rings. The Morgan fingerprint density at radius 2 is 2.00 bits per heavy atom. The van der Waals surface area contributed by atoms with E-state index in [9.17, 15) is 18.4 Å². The van der Waals surface area contributed by atoms with Gasteiger partial charge in [-0.05, 0) is 31.0 Å². The molecule has 1 heterocycles. The number of nitrogens with zero attached hydrogens (tertiary/aromatic N) is 1. The van der Waals surface area contributed by atoms with Gasteiger partial charge in [-0.3, -0.25) is 9.59 Å². The van der Waals surface area contributed by atoms with E-state index < -0.39 is 17.2 Å². The Labute approximate surface area is 115 Å². The van der Waals surface area contributed by atoms with E-state index in [-0.39, 0.29) is 24.9 Å². The minimum Gasteiger partial charge on any atom is -0.345 e. The van der Waals surface area contributed by atoms with Crippen molar-refractivity contribution in [3.05, 3.63) is 35.4 Å². The highest BCUT2D eigenvalue weighted by molar-refractivity contribution is 5.97. The van der Waals surface area contributed by atoms with Gasteiger partial charge in [0.05, 0.1) is 6.54 Å². The maximum Gasteiger partial charge on any atom is 0.246 e. The van der Waals surface area contributed by atoms with Crippen molar-refractivity contribution in [2.45, 2.75) is 32.4 Å². The number of amides is 2. The Bertz CT molecular complexity index is 562. The fourth-order valence-electron chi connectivity index (χ4n) is 2.27. The summed E-state index contributed by atoms with van der Waals surface area (Å²) >= 11 is 0. The van der Waals surface area contributed by atoms with Crippen LogP contribution in [0.4, 0.5) is 8.78 Å². The molecule has 0 aliphatic carbocycles. The molecule has 6 heteroatoms. The quantitative estimate of drug-likeness (QED) is 0.915. The third-order valence-corrected chi connectivity index (χ3v) is 3.80. The van der Waals surface area contributed by atoms with Gasteiger partial charge in [-0.2, -0.15) is 0 Å². The van der Waals surface area contributed by atoms with Crippen molar-refractivity contribution in [3.8, 4) is 0 Å². The lowest BCUT2D eigenvalue weighted by atomic mass is 9.92. The van der Waals surface area contributed by atoms with Crippen LogP contribution in [0.25, 0.3) is 0 Å². The van der Waals surface area contributed by atoms with Gasteiger partial charge in [0, 0.05) is 6.54 Å². The van der Waals surface area contributed by atoms with Crippen LogP contribution in [0.2, 0.25) is 0 Å². The first-order valence-electron chi connectivity index (χ1n) is 6.41. The predicted molar refractivity (Wildman–Crippen MR) is 68.6 cm³/mol. The maximum atomic E-state index is 13.2. The zero-order chi connectivity index (χ0) is 14.9. The summed E-state index contributed by atoms with van der Waals surface area (Å²) in [6.45, 7) is 3.47. The maximum absolute atomic E-state index is 13.2. The molecule has 1 unspecified atom stereocenters. The first-order valence-corrected chi connectivity index (χ1v) is 6.41. The van der Waals surface area contributed by atoms with Gasteiger partial charge in [0.2, 0.25) is 11.8 Å². The molecule has 1 N–H and O–H groups in total. The lowest BCUT2D eigenvalue weighted by Crippen LogP contribution is -2.65. The van der Waals surface area contributed by atoms with Gasteiger partial charge in [-0.25, -0.2) is 8.78 Å². The number of nitrogens with one attached hydrogen (secondary N) is 1. The van der Waals surface area contributed by atoms with Crippen molar-refractivity contribution < 1.29 is 18.4 Å². The summed E-state index contributed by atoms with van der Waals surface area (Å²) in [6.07, 6.45) is 0.439. The van der Waals surface area contributed by atoms with Crippen LogP contribution in [0.15, 0.2) is 18.2 Å². The molecule has 0 aromatic heterocycles. The monoisotopic (exact) mass is 282 g/mol. The molecule has 4 nitrogen and oxygen atoms in total. The van der Waals surface area contributed by atoms with E-state index in [4.69, 9.17) is 0 Å². The SMILES string of the molecule is CCC1(C)C(=O)NCC(=O)N1Cc1ccc(F)c(F)c1. The second-order valence-electron chi connectivity index (χ2n) is 5.04. The number of carbonyl (C=O) groups is 2. The molecule has 108 valence electrons. The van der Waals surface area contributed by atoms with Crippen molar-refractivity contribution in [2.24, 2.45) is 0 Å². The second-order valence-corrected chi connectivity index (χ2v) is 5.04. The topological polar surface area (TPSA) is 49.4 Å². The first-order chi connectivity index (χ1) is 9.38. The lowest BCUT2D eigenvalue weighted by Gasteiger charge is -2.43. The summed E-state index contributed by atoms with van der Waals surface area (Å²) in [5.74, 6) is -2.37. The molecular formula is C14H16F2N2O2. The van der Waals surface area contributed by atoms with Crippen LogP contribution in [-0.4, -0.2) is 28.8 Å². The van der Waals surface area contributed by atoms with Crippen LogP contribution in [0.5, 0.6) is 0 Å². The van der Waals surface area contributed by atoms with Crippen molar-refractivity contribution in [1.82, 2.24) is 10.2 Å².